The SMILES string of the molecule is COc1cccc(C23CCCC(C2=O)N(C)CC3)c1. The third kappa shape index (κ3) is 1.88. The molecule has 1 aromatic carbocycles. The van der Waals surface area contributed by atoms with Gasteiger partial charge in [-0.25, -0.2) is 0 Å². The van der Waals surface area contributed by atoms with E-state index >= 15 is 0 Å². The molecule has 1 heterocycles. The molecule has 2 aliphatic rings. The number of likely N-dealkylation sites (tertiary alicyclic amines) is 1. The van der Waals surface area contributed by atoms with Crippen LogP contribution in [0.25, 0.3) is 0 Å². The molecule has 1 saturated carbocycles. The predicted molar refractivity (Wildman–Crippen MR) is 74.6 cm³/mol. The standard InChI is InChI=1S/C16H21NO2/c1-17-10-9-16(8-4-7-14(17)15(16)18)12-5-3-6-13(11-12)19-2/h3,5-6,11,14H,4,7-10H2,1-2H3. The van der Waals surface area contributed by atoms with Gasteiger partial charge in [-0.05, 0) is 50.6 Å². The van der Waals surface area contributed by atoms with Crippen molar-refractivity contribution < 1.29 is 9.53 Å². The van der Waals surface area contributed by atoms with Crippen molar-refractivity contribution >= 4 is 5.78 Å². The summed E-state index contributed by atoms with van der Waals surface area (Å²) in [4.78, 5) is 15.1. The van der Waals surface area contributed by atoms with E-state index in [1.807, 2.05) is 18.2 Å². The van der Waals surface area contributed by atoms with Gasteiger partial charge in [0.1, 0.15) is 5.75 Å². The Morgan fingerprint density at radius 3 is 3.00 bits per heavy atom. The first-order valence-corrected chi connectivity index (χ1v) is 7.06. The van der Waals surface area contributed by atoms with Crippen molar-refractivity contribution in [1.82, 2.24) is 4.90 Å². The molecule has 3 nitrogen and oxygen atoms in total. The van der Waals surface area contributed by atoms with Crippen molar-refractivity contribution in [2.45, 2.75) is 37.1 Å². The van der Waals surface area contributed by atoms with Gasteiger partial charge in [0.2, 0.25) is 0 Å². The largest absolute Gasteiger partial charge is 0.497 e. The molecule has 3 rings (SSSR count). The molecule has 0 aromatic heterocycles. The lowest BCUT2D eigenvalue weighted by molar-refractivity contribution is -0.136. The highest BCUT2D eigenvalue weighted by Gasteiger charge is 2.50. The number of ketones is 1. The Morgan fingerprint density at radius 1 is 1.37 bits per heavy atom. The second-order valence-corrected chi connectivity index (χ2v) is 5.82. The van der Waals surface area contributed by atoms with Crippen LogP contribution in [0.5, 0.6) is 5.75 Å². The summed E-state index contributed by atoms with van der Waals surface area (Å²) in [5, 5.41) is 0. The Kier molecular flexibility index (Phi) is 3.09. The smallest absolute Gasteiger partial charge is 0.160 e. The summed E-state index contributed by atoms with van der Waals surface area (Å²) in [5.74, 6) is 1.27. The molecule has 1 aliphatic heterocycles. The number of hydrogen-bond acceptors (Lipinski definition) is 3. The molecule has 3 heteroatoms. The van der Waals surface area contributed by atoms with Crippen molar-refractivity contribution in [1.29, 1.82) is 0 Å². The number of benzene rings is 1. The molecule has 0 spiro atoms. The first-order chi connectivity index (χ1) is 9.17. The van der Waals surface area contributed by atoms with Gasteiger partial charge in [0.25, 0.3) is 0 Å². The monoisotopic (exact) mass is 259 g/mol. The number of Topliss-reactive ketones (excluding diaryl/α,β-unsaturated/α-hetero) is 1. The molecule has 1 saturated heterocycles. The van der Waals surface area contributed by atoms with Crippen LogP contribution in [0.3, 0.4) is 0 Å². The Labute approximate surface area is 114 Å². The van der Waals surface area contributed by atoms with Gasteiger partial charge >= 0.3 is 0 Å². The maximum absolute atomic E-state index is 12.9. The zero-order valence-corrected chi connectivity index (χ0v) is 11.7. The van der Waals surface area contributed by atoms with Crippen molar-refractivity contribution in [3.05, 3.63) is 29.8 Å². The van der Waals surface area contributed by atoms with E-state index in [-0.39, 0.29) is 11.5 Å². The number of likely N-dealkylation sites (N-methyl/N-ethyl adjacent to an activating group) is 1. The molecule has 0 amide bonds. The Bertz CT molecular complexity index is 499. The molecule has 2 fully saturated rings. The first-order valence-electron chi connectivity index (χ1n) is 7.06. The van der Waals surface area contributed by atoms with Crippen LogP contribution in [0.15, 0.2) is 24.3 Å². The van der Waals surface area contributed by atoms with Gasteiger partial charge in [0.15, 0.2) is 5.78 Å². The van der Waals surface area contributed by atoms with Gasteiger partial charge in [-0.3, -0.25) is 9.69 Å². The minimum absolute atomic E-state index is 0.119. The average molecular weight is 259 g/mol. The normalized spacial score (nSPS) is 31.3. The number of ether oxygens (including phenoxy) is 1. The highest BCUT2D eigenvalue weighted by Crippen LogP contribution is 2.44. The Hall–Kier alpha value is -1.35. The lowest BCUT2D eigenvalue weighted by Crippen LogP contribution is -2.58. The van der Waals surface area contributed by atoms with Gasteiger partial charge in [-0.1, -0.05) is 18.6 Å². The maximum Gasteiger partial charge on any atom is 0.160 e. The van der Waals surface area contributed by atoms with Crippen LogP contribution in [0.4, 0.5) is 0 Å². The lowest BCUT2D eigenvalue weighted by Gasteiger charge is -2.48. The first kappa shape index (κ1) is 12.7. The fourth-order valence-electron chi connectivity index (χ4n) is 3.71. The van der Waals surface area contributed by atoms with Gasteiger partial charge in [0.05, 0.1) is 18.6 Å². The third-order valence-electron chi connectivity index (χ3n) is 4.90. The molecule has 102 valence electrons. The van der Waals surface area contributed by atoms with E-state index in [9.17, 15) is 4.79 Å². The van der Waals surface area contributed by atoms with Crippen molar-refractivity contribution in [3.63, 3.8) is 0 Å². The number of nitrogens with zero attached hydrogens (tertiary/aromatic N) is 1. The van der Waals surface area contributed by atoms with Crippen LogP contribution in [0.2, 0.25) is 0 Å². The van der Waals surface area contributed by atoms with E-state index in [1.165, 1.54) is 0 Å². The van der Waals surface area contributed by atoms with E-state index in [4.69, 9.17) is 4.74 Å². The molecule has 1 aromatic rings. The molecular weight excluding hydrogens is 238 g/mol. The van der Waals surface area contributed by atoms with Crippen LogP contribution >= 0.6 is 0 Å². The van der Waals surface area contributed by atoms with E-state index in [2.05, 4.69) is 18.0 Å². The van der Waals surface area contributed by atoms with E-state index in [1.54, 1.807) is 7.11 Å². The van der Waals surface area contributed by atoms with Crippen molar-refractivity contribution in [3.8, 4) is 5.75 Å². The molecule has 2 unspecified atom stereocenters. The Morgan fingerprint density at radius 2 is 2.21 bits per heavy atom. The third-order valence-corrected chi connectivity index (χ3v) is 4.90. The second kappa shape index (κ2) is 4.64. The highest BCUT2D eigenvalue weighted by molar-refractivity contribution is 5.96. The van der Waals surface area contributed by atoms with Crippen molar-refractivity contribution in [2.24, 2.45) is 0 Å². The van der Waals surface area contributed by atoms with E-state index < -0.39 is 0 Å². The Balaban J connectivity index is 2.03. The van der Waals surface area contributed by atoms with Crippen LogP contribution in [0, 0.1) is 0 Å². The van der Waals surface area contributed by atoms with E-state index in [0.29, 0.717) is 5.78 Å². The van der Waals surface area contributed by atoms with E-state index in [0.717, 1.165) is 43.5 Å². The molecule has 0 N–H and O–H groups in total. The van der Waals surface area contributed by atoms with Crippen molar-refractivity contribution in [2.75, 3.05) is 20.7 Å². The quantitative estimate of drug-likeness (QED) is 0.816. The number of hydrogen-bond donors (Lipinski definition) is 0. The predicted octanol–water partition coefficient (Wildman–Crippen LogP) is 2.39. The molecule has 1 aliphatic carbocycles. The van der Waals surface area contributed by atoms with Gasteiger partial charge in [-0.2, -0.15) is 0 Å². The highest BCUT2D eigenvalue weighted by atomic mass is 16.5. The van der Waals surface area contributed by atoms with Gasteiger partial charge < -0.3 is 4.74 Å². The second-order valence-electron chi connectivity index (χ2n) is 5.82. The minimum Gasteiger partial charge on any atom is -0.497 e. The fourth-order valence-corrected chi connectivity index (χ4v) is 3.71. The summed E-state index contributed by atoms with van der Waals surface area (Å²) >= 11 is 0. The molecular formula is C16H21NO2. The molecule has 2 bridgehead atoms. The molecule has 0 radical (unpaired) electrons. The number of fused-ring (bicyclic) bond motifs is 2. The van der Waals surface area contributed by atoms with Gasteiger partial charge in [-0.15, -0.1) is 0 Å². The zero-order chi connectivity index (χ0) is 13.5. The number of carbonyl (C=O) groups excluding carboxylic acids is 1. The summed E-state index contributed by atoms with van der Waals surface area (Å²) < 4.78 is 5.31. The zero-order valence-electron chi connectivity index (χ0n) is 11.7. The number of methoxy groups -OCH3 is 1. The summed E-state index contributed by atoms with van der Waals surface area (Å²) in [7, 11) is 3.75. The molecule has 19 heavy (non-hydrogen) atoms. The van der Waals surface area contributed by atoms with Crippen LogP contribution < -0.4 is 4.74 Å². The summed E-state index contributed by atoms with van der Waals surface area (Å²) in [5.41, 5.74) is 0.888. The summed E-state index contributed by atoms with van der Waals surface area (Å²) in [6, 6.07) is 8.20. The minimum atomic E-state index is -0.260. The van der Waals surface area contributed by atoms with Gasteiger partial charge in [0, 0.05) is 0 Å². The average Bonchev–Trinajstić information content (AvgIpc) is 2.44. The molecule has 2 atom stereocenters. The maximum atomic E-state index is 12.9. The fraction of sp³-hybridized carbons (Fsp3) is 0.562. The summed E-state index contributed by atoms with van der Waals surface area (Å²) in [6.07, 6.45) is 4.08. The van der Waals surface area contributed by atoms with Crippen LogP contribution in [0.1, 0.15) is 31.2 Å². The topological polar surface area (TPSA) is 29.5 Å². The number of rotatable bonds is 2. The lowest BCUT2D eigenvalue weighted by atomic mass is 9.62. The number of carbonyl (C=O) groups is 1. The number of piperidine rings is 1. The van der Waals surface area contributed by atoms with Crippen LogP contribution in [-0.4, -0.2) is 37.4 Å². The summed E-state index contributed by atoms with van der Waals surface area (Å²) in [6.45, 7) is 1.01. The van der Waals surface area contributed by atoms with Crippen LogP contribution in [-0.2, 0) is 10.2 Å².